The van der Waals surface area contributed by atoms with Crippen LogP contribution in [0.4, 0.5) is 0 Å². The quantitative estimate of drug-likeness (QED) is 0.894. The van der Waals surface area contributed by atoms with Crippen LogP contribution in [0, 0.1) is 0 Å². The number of nitrogens with zero attached hydrogens (tertiary/aromatic N) is 4. The number of aromatic amines is 1. The van der Waals surface area contributed by atoms with Crippen LogP contribution in [0.2, 0.25) is 0 Å². The number of piperidine rings is 1. The molecule has 1 aliphatic rings. The average Bonchev–Trinajstić information content (AvgIpc) is 3.18. The molecule has 3 rings (SSSR count). The lowest BCUT2D eigenvalue weighted by atomic mass is 9.87. The molecule has 1 fully saturated rings. The van der Waals surface area contributed by atoms with E-state index in [0.29, 0.717) is 12.8 Å². The maximum Gasteiger partial charge on any atom is 0.330 e. The second-order valence-electron chi connectivity index (χ2n) is 7.61. The second kappa shape index (κ2) is 6.05. The molecule has 0 aromatic carbocycles. The highest BCUT2D eigenvalue weighted by Gasteiger charge is 2.43. The van der Waals surface area contributed by atoms with Crippen LogP contribution in [0.15, 0.2) is 24.8 Å². The summed E-state index contributed by atoms with van der Waals surface area (Å²) in [5.41, 5.74) is 1.27. The summed E-state index contributed by atoms with van der Waals surface area (Å²) in [4.78, 5) is 18.2. The highest BCUT2D eigenvalue weighted by molar-refractivity contribution is 5.77. The molecule has 1 saturated heterocycles. The van der Waals surface area contributed by atoms with Crippen LogP contribution in [0.3, 0.4) is 0 Å². The molecule has 0 bridgehead atoms. The van der Waals surface area contributed by atoms with Crippen LogP contribution in [0.5, 0.6) is 0 Å². The lowest BCUT2D eigenvalue weighted by Gasteiger charge is -2.39. The lowest BCUT2D eigenvalue weighted by Crippen LogP contribution is -2.50. The van der Waals surface area contributed by atoms with Crippen molar-refractivity contribution < 1.29 is 9.90 Å². The molecule has 0 amide bonds. The monoisotopic (exact) mass is 331 g/mol. The number of nitrogens with one attached hydrogen (secondary N) is 1. The minimum atomic E-state index is -0.877. The Hall–Kier alpha value is -2.15. The van der Waals surface area contributed by atoms with Gasteiger partial charge in [0.15, 0.2) is 0 Å². The number of likely N-dealkylation sites (tertiary alicyclic amines) is 1. The summed E-state index contributed by atoms with van der Waals surface area (Å²) in [7, 11) is 0. The van der Waals surface area contributed by atoms with Crippen molar-refractivity contribution in [3.05, 3.63) is 36.2 Å². The van der Waals surface area contributed by atoms with Crippen molar-refractivity contribution in [2.45, 2.75) is 51.1 Å². The second-order valence-corrected chi connectivity index (χ2v) is 7.61. The van der Waals surface area contributed by atoms with Gasteiger partial charge in [-0.15, -0.1) is 0 Å². The Morgan fingerprint density at radius 1 is 1.38 bits per heavy atom. The van der Waals surface area contributed by atoms with Gasteiger partial charge in [-0.3, -0.25) is 10.00 Å². The summed E-state index contributed by atoms with van der Waals surface area (Å²) >= 11 is 0. The van der Waals surface area contributed by atoms with E-state index in [1.165, 1.54) is 0 Å². The molecule has 1 aliphatic heterocycles. The molecule has 0 spiro atoms. The van der Waals surface area contributed by atoms with Crippen molar-refractivity contribution in [3.8, 4) is 0 Å². The zero-order valence-electron chi connectivity index (χ0n) is 14.5. The van der Waals surface area contributed by atoms with E-state index in [4.69, 9.17) is 0 Å². The van der Waals surface area contributed by atoms with E-state index < -0.39 is 11.5 Å². The molecule has 2 aromatic rings. The van der Waals surface area contributed by atoms with Gasteiger partial charge in [0.2, 0.25) is 0 Å². The first-order valence-electron chi connectivity index (χ1n) is 8.30. The van der Waals surface area contributed by atoms with E-state index in [1.807, 2.05) is 0 Å². The molecule has 0 atom stereocenters. The van der Waals surface area contributed by atoms with E-state index in [2.05, 4.69) is 46.9 Å². The third-order valence-corrected chi connectivity index (χ3v) is 4.87. The predicted molar refractivity (Wildman–Crippen MR) is 89.6 cm³/mol. The first-order chi connectivity index (χ1) is 11.3. The van der Waals surface area contributed by atoms with Crippen LogP contribution in [-0.4, -0.2) is 48.8 Å². The maximum absolute atomic E-state index is 11.9. The first-order valence-corrected chi connectivity index (χ1v) is 8.30. The topological polar surface area (TPSA) is 87.0 Å². The summed E-state index contributed by atoms with van der Waals surface area (Å²) in [6.45, 7) is 8.64. The van der Waals surface area contributed by atoms with Gasteiger partial charge < -0.3 is 9.67 Å². The standard InChI is InChI=1S/C17H25N5O2/c1-16(2,3)14-10-13(19-20-14)11-21-7-4-17(5-8-21,15(23)24)22-9-6-18-12-22/h6,9-10,12H,4-5,7-8,11H2,1-3H3,(H,19,20)(H,23,24). The van der Waals surface area contributed by atoms with Crippen LogP contribution in [0.1, 0.15) is 45.0 Å². The third-order valence-electron chi connectivity index (χ3n) is 4.87. The molecule has 130 valence electrons. The van der Waals surface area contributed by atoms with Gasteiger partial charge in [-0.25, -0.2) is 9.78 Å². The number of carbonyl (C=O) groups is 1. The fourth-order valence-electron chi connectivity index (χ4n) is 3.24. The Kier molecular flexibility index (Phi) is 4.21. The van der Waals surface area contributed by atoms with Gasteiger partial charge in [-0.05, 0) is 18.9 Å². The normalized spacial score (nSPS) is 18.6. The highest BCUT2D eigenvalue weighted by atomic mass is 16.4. The number of carboxylic acid groups (broad SMARTS) is 1. The molecular formula is C17H25N5O2. The molecule has 2 aromatic heterocycles. The van der Waals surface area contributed by atoms with Crippen molar-refractivity contribution in [1.82, 2.24) is 24.6 Å². The lowest BCUT2D eigenvalue weighted by molar-refractivity contribution is -0.150. The SMILES string of the molecule is CC(C)(C)c1cc(CN2CCC(C(=O)O)(n3ccnc3)CC2)[nH]n1. The fraction of sp³-hybridized carbons (Fsp3) is 0.588. The maximum atomic E-state index is 11.9. The average molecular weight is 331 g/mol. The molecule has 0 radical (unpaired) electrons. The number of hydrogen-bond acceptors (Lipinski definition) is 4. The van der Waals surface area contributed by atoms with Gasteiger partial charge in [0, 0.05) is 43.1 Å². The van der Waals surface area contributed by atoms with Crippen molar-refractivity contribution in [2.75, 3.05) is 13.1 Å². The number of carboxylic acids is 1. The number of aliphatic carboxylic acids is 1. The fourth-order valence-corrected chi connectivity index (χ4v) is 3.24. The Morgan fingerprint density at radius 3 is 2.58 bits per heavy atom. The van der Waals surface area contributed by atoms with Gasteiger partial charge in [0.25, 0.3) is 0 Å². The first kappa shape index (κ1) is 16.7. The van der Waals surface area contributed by atoms with Gasteiger partial charge >= 0.3 is 5.97 Å². The largest absolute Gasteiger partial charge is 0.479 e. The smallest absolute Gasteiger partial charge is 0.330 e. The van der Waals surface area contributed by atoms with E-state index in [0.717, 1.165) is 31.0 Å². The number of imidazole rings is 1. The third kappa shape index (κ3) is 3.08. The molecule has 3 heterocycles. The van der Waals surface area contributed by atoms with E-state index in [-0.39, 0.29) is 5.41 Å². The van der Waals surface area contributed by atoms with Crippen LogP contribution in [-0.2, 0) is 22.3 Å². The van der Waals surface area contributed by atoms with E-state index >= 15 is 0 Å². The van der Waals surface area contributed by atoms with Crippen LogP contribution in [0.25, 0.3) is 0 Å². The minimum absolute atomic E-state index is 0.0243. The molecular weight excluding hydrogens is 306 g/mol. The minimum Gasteiger partial charge on any atom is -0.479 e. The summed E-state index contributed by atoms with van der Waals surface area (Å²) in [5.74, 6) is -0.781. The molecule has 7 nitrogen and oxygen atoms in total. The predicted octanol–water partition coefficient (Wildman–Crippen LogP) is 1.98. The Morgan fingerprint density at radius 2 is 2.08 bits per heavy atom. The molecule has 7 heteroatoms. The summed E-state index contributed by atoms with van der Waals surface area (Å²) in [6.07, 6.45) is 6.12. The molecule has 2 N–H and O–H groups in total. The van der Waals surface area contributed by atoms with E-state index in [1.54, 1.807) is 23.3 Å². The van der Waals surface area contributed by atoms with Crippen molar-refractivity contribution in [1.29, 1.82) is 0 Å². The van der Waals surface area contributed by atoms with Gasteiger partial charge in [0.1, 0.15) is 5.54 Å². The van der Waals surface area contributed by atoms with Crippen molar-refractivity contribution in [3.63, 3.8) is 0 Å². The number of rotatable bonds is 4. The number of hydrogen-bond donors (Lipinski definition) is 2. The van der Waals surface area contributed by atoms with E-state index in [9.17, 15) is 9.90 Å². The molecule has 0 aliphatic carbocycles. The zero-order valence-corrected chi connectivity index (χ0v) is 14.5. The Balaban J connectivity index is 1.66. The Labute approximate surface area is 141 Å². The van der Waals surface area contributed by atoms with Crippen molar-refractivity contribution >= 4 is 5.97 Å². The molecule has 0 saturated carbocycles. The van der Waals surface area contributed by atoms with Gasteiger partial charge in [0.05, 0.1) is 12.0 Å². The Bertz CT molecular complexity index is 691. The van der Waals surface area contributed by atoms with Crippen molar-refractivity contribution in [2.24, 2.45) is 0 Å². The van der Waals surface area contributed by atoms with Crippen LogP contribution < -0.4 is 0 Å². The molecule has 24 heavy (non-hydrogen) atoms. The summed E-state index contributed by atoms with van der Waals surface area (Å²) in [6, 6.07) is 2.11. The van der Waals surface area contributed by atoms with Gasteiger partial charge in [-0.1, -0.05) is 20.8 Å². The summed E-state index contributed by atoms with van der Waals surface area (Å²) in [5, 5.41) is 17.2. The van der Waals surface area contributed by atoms with Gasteiger partial charge in [-0.2, -0.15) is 5.10 Å². The zero-order chi connectivity index (χ0) is 17.4. The number of aromatic nitrogens is 4. The summed E-state index contributed by atoms with van der Waals surface area (Å²) < 4.78 is 1.74. The van der Waals surface area contributed by atoms with Crippen LogP contribution >= 0.6 is 0 Å². The number of H-pyrrole nitrogens is 1. The highest BCUT2D eigenvalue weighted by Crippen LogP contribution is 2.31. The molecule has 0 unspecified atom stereocenters.